The second-order valence-electron chi connectivity index (χ2n) is 7.74. The summed E-state index contributed by atoms with van der Waals surface area (Å²) in [6, 6.07) is 7.68. The van der Waals surface area contributed by atoms with Gasteiger partial charge in [0.2, 0.25) is 0 Å². The van der Waals surface area contributed by atoms with Gasteiger partial charge in [0.05, 0.1) is 25.4 Å². The number of ether oxygens (including phenoxy) is 2. The Morgan fingerprint density at radius 1 is 1.23 bits per heavy atom. The predicted molar refractivity (Wildman–Crippen MR) is 109 cm³/mol. The zero-order chi connectivity index (χ0) is 21.9. The smallest absolute Gasteiger partial charge is 0.290 e. The summed E-state index contributed by atoms with van der Waals surface area (Å²) >= 11 is 0. The monoisotopic (exact) mass is 420 g/mol. The first-order chi connectivity index (χ1) is 14.3. The van der Waals surface area contributed by atoms with E-state index < -0.39 is 17.8 Å². The Morgan fingerprint density at radius 3 is 2.50 bits per heavy atom. The van der Waals surface area contributed by atoms with Crippen LogP contribution < -0.4 is 4.74 Å². The summed E-state index contributed by atoms with van der Waals surface area (Å²) in [6.45, 7) is 1.05. The molecule has 1 aromatic heterocycles. The van der Waals surface area contributed by atoms with Crippen LogP contribution in [-0.4, -0.2) is 81.8 Å². The molecule has 30 heavy (non-hydrogen) atoms. The van der Waals surface area contributed by atoms with Gasteiger partial charge in [-0.05, 0) is 37.1 Å². The normalized spacial score (nSPS) is 23.0. The van der Waals surface area contributed by atoms with E-state index in [4.69, 9.17) is 19.4 Å². The molecule has 1 amide bonds. The van der Waals surface area contributed by atoms with E-state index in [0.717, 1.165) is 16.7 Å². The number of hydrogen-bond acceptors (Lipinski definition) is 6. The molecule has 3 heterocycles. The van der Waals surface area contributed by atoms with E-state index in [-0.39, 0.29) is 19.0 Å². The lowest BCUT2D eigenvalue weighted by Gasteiger charge is -2.46. The maximum atomic E-state index is 13.1. The molecule has 2 aromatic rings. The molecule has 0 saturated carbocycles. The Labute approximate surface area is 174 Å². The Hall–Kier alpha value is -2.62. The van der Waals surface area contributed by atoms with Crippen molar-refractivity contribution in [2.24, 2.45) is 7.05 Å². The van der Waals surface area contributed by atoms with E-state index in [9.17, 15) is 15.0 Å². The van der Waals surface area contributed by atoms with Crippen LogP contribution in [-0.2, 0) is 16.6 Å². The fraction of sp³-hybridized carbons (Fsp3) is 0.524. The molecule has 4 rings (SSSR count). The number of aliphatic hydroxyl groups excluding tert-OH is 2. The van der Waals surface area contributed by atoms with E-state index in [1.54, 1.807) is 7.11 Å². The molecule has 0 aliphatic carbocycles. The van der Waals surface area contributed by atoms with Crippen LogP contribution in [0, 0.1) is 0 Å². The molecule has 9 nitrogen and oxygen atoms in total. The van der Waals surface area contributed by atoms with Crippen LogP contribution in [0.2, 0.25) is 0 Å². The molecule has 164 valence electrons. The first kappa shape index (κ1) is 22.1. The predicted octanol–water partition coefficient (Wildman–Crippen LogP) is 1.00. The van der Waals surface area contributed by atoms with Gasteiger partial charge in [-0.25, -0.2) is 0 Å². The average Bonchev–Trinajstić information content (AvgIpc) is 3.07. The number of carbonyl (C=O) groups excluding carboxylic acids is 1. The third-order valence-corrected chi connectivity index (χ3v) is 6.02. The number of benzene rings is 1. The maximum absolute atomic E-state index is 13.1. The van der Waals surface area contributed by atoms with E-state index >= 15 is 0 Å². The maximum Gasteiger partial charge on any atom is 0.290 e. The van der Waals surface area contributed by atoms with Crippen LogP contribution in [0.1, 0.15) is 29.8 Å². The molecule has 2 fully saturated rings. The van der Waals surface area contributed by atoms with Gasteiger partial charge in [0.1, 0.15) is 17.5 Å². The van der Waals surface area contributed by atoms with Crippen molar-refractivity contribution in [1.29, 1.82) is 0 Å². The highest BCUT2D eigenvalue weighted by Crippen LogP contribution is 2.36. The van der Waals surface area contributed by atoms with Crippen molar-refractivity contribution in [3.63, 3.8) is 0 Å². The molecule has 2 aliphatic rings. The van der Waals surface area contributed by atoms with Crippen molar-refractivity contribution in [2.75, 3.05) is 26.8 Å². The van der Waals surface area contributed by atoms with Crippen molar-refractivity contribution in [2.45, 2.75) is 37.1 Å². The molecule has 2 saturated heterocycles. The van der Waals surface area contributed by atoms with E-state index in [2.05, 4.69) is 0 Å². The number of methoxy groups -OCH3 is 1. The minimum Gasteiger partial charge on any atom is -0.497 e. The second-order valence-corrected chi connectivity index (χ2v) is 7.74. The lowest BCUT2D eigenvalue weighted by atomic mass is 9.82. The summed E-state index contributed by atoms with van der Waals surface area (Å²) < 4.78 is 13.0. The Morgan fingerprint density at radius 2 is 1.90 bits per heavy atom. The molecule has 9 heteroatoms. The van der Waals surface area contributed by atoms with E-state index in [1.165, 1.54) is 0 Å². The first-order valence-corrected chi connectivity index (χ1v) is 9.85. The van der Waals surface area contributed by atoms with Crippen LogP contribution in [0.25, 0.3) is 10.9 Å². The zero-order valence-corrected chi connectivity index (χ0v) is 17.2. The highest BCUT2D eigenvalue weighted by molar-refractivity contribution is 5.99. The molecule has 2 aliphatic heterocycles. The molecule has 1 aromatic carbocycles. The largest absolute Gasteiger partial charge is 0.497 e. The minimum atomic E-state index is -0.817. The number of aryl methyl sites for hydroxylation is 1. The standard InChI is InChI=1S/C20H26N2O5.CH2O2/c1-21-15-4-3-14(26-2)9-13(15)10-16(21)19(25)22-7-5-20(6-8-22)11-17(23)18(24)12-27-20;2-1-3/h3-4,9-10,17-18,23-24H,5-8,11-12H2,1-2H3;1H,(H,2,3)/t17-,18+;/m1./s1. The van der Waals surface area contributed by atoms with Crippen LogP contribution in [0.15, 0.2) is 24.3 Å². The number of fused-ring (bicyclic) bond motifs is 1. The van der Waals surface area contributed by atoms with Crippen molar-refractivity contribution in [1.82, 2.24) is 9.47 Å². The number of likely N-dealkylation sites (tertiary alicyclic amines) is 1. The van der Waals surface area contributed by atoms with E-state index in [1.807, 2.05) is 40.8 Å². The van der Waals surface area contributed by atoms with Crippen LogP contribution in [0.5, 0.6) is 5.75 Å². The number of amides is 1. The average molecular weight is 420 g/mol. The van der Waals surface area contributed by atoms with Crippen LogP contribution in [0.4, 0.5) is 0 Å². The summed E-state index contributed by atoms with van der Waals surface area (Å²) in [7, 11) is 3.53. The molecule has 0 unspecified atom stereocenters. The minimum absolute atomic E-state index is 0.00101. The molecule has 2 atom stereocenters. The number of carbonyl (C=O) groups is 2. The second kappa shape index (κ2) is 9.03. The third-order valence-electron chi connectivity index (χ3n) is 6.02. The summed E-state index contributed by atoms with van der Waals surface area (Å²) in [5.41, 5.74) is 1.21. The molecular weight excluding hydrogens is 392 g/mol. The highest BCUT2D eigenvalue weighted by atomic mass is 16.5. The summed E-state index contributed by atoms with van der Waals surface area (Å²) in [5.74, 6) is 0.765. The van der Waals surface area contributed by atoms with Crippen molar-refractivity contribution < 1.29 is 34.4 Å². The number of aromatic nitrogens is 1. The zero-order valence-electron chi connectivity index (χ0n) is 17.2. The van der Waals surface area contributed by atoms with Gasteiger partial charge in [-0.2, -0.15) is 0 Å². The van der Waals surface area contributed by atoms with Gasteiger partial charge in [-0.15, -0.1) is 0 Å². The SMILES string of the molecule is COc1ccc2c(c1)cc(C(=O)N1CCC3(CC1)C[C@@H](O)[C@@H](O)CO3)n2C.O=CO. The van der Waals surface area contributed by atoms with E-state index in [0.29, 0.717) is 38.0 Å². The summed E-state index contributed by atoms with van der Waals surface area (Å²) in [5, 5.41) is 27.5. The fourth-order valence-corrected chi connectivity index (χ4v) is 4.24. The molecule has 0 radical (unpaired) electrons. The van der Waals surface area contributed by atoms with Gasteiger partial charge in [-0.1, -0.05) is 0 Å². The Balaban J connectivity index is 0.000000806. The topological polar surface area (TPSA) is 121 Å². The Kier molecular flexibility index (Phi) is 6.64. The number of nitrogens with zero attached hydrogens (tertiary/aromatic N) is 2. The summed E-state index contributed by atoms with van der Waals surface area (Å²) in [6.07, 6.45) is 0.183. The van der Waals surface area contributed by atoms with Gasteiger partial charge in [0, 0.05) is 37.5 Å². The van der Waals surface area contributed by atoms with Crippen molar-refractivity contribution in [3.05, 3.63) is 30.0 Å². The van der Waals surface area contributed by atoms with Crippen molar-refractivity contribution >= 4 is 23.3 Å². The van der Waals surface area contributed by atoms with Crippen LogP contribution in [0.3, 0.4) is 0 Å². The Bertz CT molecular complexity index is 902. The third kappa shape index (κ3) is 4.28. The van der Waals surface area contributed by atoms with Crippen molar-refractivity contribution in [3.8, 4) is 5.75 Å². The summed E-state index contributed by atoms with van der Waals surface area (Å²) in [4.78, 5) is 23.3. The molecule has 0 bridgehead atoms. The van der Waals surface area contributed by atoms with Gasteiger partial charge in [-0.3, -0.25) is 9.59 Å². The number of carboxylic acid groups (broad SMARTS) is 1. The first-order valence-electron chi connectivity index (χ1n) is 9.85. The highest BCUT2D eigenvalue weighted by Gasteiger charge is 2.43. The quantitative estimate of drug-likeness (QED) is 0.620. The number of aliphatic hydroxyl groups is 2. The molecule has 1 spiro atoms. The van der Waals surface area contributed by atoms with Gasteiger partial charge < -0.3 is 34.3 Å². The number of hydrogen-bond donors (Lipinski definition) is 3. The van der Waals surface area contributed by atoms with Gasteiger partial charge in [0.15, 0.2) is 0 Å². The molecule has 3 N–H and O–H groups in total. The fourth-order valence-electron chi connectivity index (χ4n) is 4.24. The van der Waals surface area contributed by atoms with Crippen LogP contribution >= 0.6 is 0 Å². The van der Waals surface area contributed by atoms with Gasteiger partial charge in [0.25, 0.3) is 12.4 Å². The number of piperidine rings is 1. The van der Waals surface area contributed by atoms with Gasteiger partial charge >= 0.3 is 0 Å². The lowest BCUT2D eigenvalue weighted by Crippen LogP contribution is -2.55. The molecular formula is C21H28N2O7. The lowest BCUT2D eigenvalue weighted by molar-refractivity contribution is -0.185. The number of rotatable bonds is 2.